The summed E-state index contributed by atoms with van der Waals surface area (Å²) in [6.07, 6.45) is 3.55. The number of rotatable bonds is 6. The third kappa shape index (κ3) is 3.24. The van der Waals surface area contributed by atoms with E-state index in [-0.39, 0.29) is 11.9 Å². The van der Waals surface area contributed by atoms with Gasteiger partial charge in [-0.3, -0.25) is 4.79 Å². The number of carbonyl (C=O) groups is 1. The fraction of sp³-hybridized carbons (Fsp3) is 0.435. The van der Waals surface area contributed by atoms with E-state index in [0.717, 1.165) is 29.8 Å². The second-order valence-electron chi connectivity index (χ2n) is 7.37. The highest BCUT2D eigenvalue weighted by Crippen LogP contribution is 2.49. The number of nitrogens with one attached hydrogen (secondary N) is 1. The van der Waals surface area contributed by atoms with Crippen LogP contribution in [0.2, 0.25) is 0 Å². The minimum atomic E-state index is -0.0150. The topological polar surface area (TPSA) is 56.8 Å². The molecule has 2 unspecified atom stereocenters. The van der Waals surface area contributed by atoms with Crippen LogP contribution in [0.15, 0.2) is 30.3 Å². The van der Waals surface area contributed by atoms with Gasteiger partial charge >= 0.3 is 0 Å². The van der Waals surface area contributed by atoms with Gasteiger partial charge in [0.25, 0.3) is 0 Å². The molecule has 2 atom stereocenters. The molecule has 2 aliphatic rings. The highest BCUT2D eigenvalue weighted by molar-refractivity contribution is 6.23. The Bertz CT molecular complexity index is 886. The van der Waals surface area contributed by atoms with Crippen LogP contribution in [0.3, 0.4) is 0 Å². The van der Waals surface area contributed by atoms with Gasteiger partial charge < -0.3 is 19.5 Å². The minimum Gasteiger partial charge on any atom is -0.497 e. The summed E-state index contributed by atoms with van der Waals surface area (Å²) >= 11 is 0. The number of ether oxygens (including phenoxy) is 3. The third-order valence-electron chi connectivity index (χ3n) is 5.60. The molecule has 0 bridgehead atoms. The van der Waals surface area contributed by atoms with Gasteiger partial charge in [-0.2, -0.15) is 0 Å². The first-order chi connectivity index (χ1) is 13.6. The van der Waals surface area contributed by atoms with Crippen molar-refractivity contribution in [1.82, 2.24) is 5.32 Å². The fourth-order valence-electron chi connectivity index (χ4n) is 4.20. The zero-order valence-corrected chi connectivity index (χ0v) is 16.7. The Kier molecular flexibility index (Phi) is 5.27. The zero-order chi connectivity index (χ0) is 19.7. The van der Waals surface area contributed by atoms with Crippen molar-refractivity contribution in [2.75, 3.05) is 20.3 Å². The molecule has 1 aliphatic carbocycles. The van der Waals surface area contributed by atoms with Gasteiger partial charge in [0.2, 0.25) is 0 Å². The predicted molar refractivity (Wildman–Crippen MR) is 109 cm³/mol. The summed E-state index contributed by atoms with van der Waals surface area (Å²) in [5, 5.41) is 3.55. The number of fused-ring (bicyclic) bond motifs is 3. The molecule has 1 N–H and O–H groups in total. The van der Waals surface area contributed by atoms with Crippen molar-refractivity contribution >= 4 is 5.78 Å². The van der Waals surface area contributed by atoms with Crippen molar-refractivity contribution in [3.05, 3.63) is 41.5 Å². The lowest BCUT2D eigenvalue weighted by atomic mass is 10.00. The van der Waals surface area contributed by atoms with E-state index < -0.39 is 0 Å². The molecule has 0 radical (unpaired) electrons. The number of carbonyl (C=O) groups excluding carboxylic acids is 1. The fourth-order valence-corrected chi connectivity index (χ4v) is 4.20. The molecule has 1 heterocycles. The van der Waals surface area contributed by atoms with Crippen LogP contribution in [0.25, 0.3) is 11.1 Å². The molecule has 0 aromatic heterocycles. The van der Waals surface area contributed by atoms with Gasteiger partial charge in [0.15, 0.2) is 5.78 Å². The second-order valence-corrected chi connectivity index (χ2v) is 7.37. The van der Waals surface area contributed by atoms with Gasteiger partial charge in [-0.15, -0.1) is 0 Å². The Morgan fingerprint density at radius 2 is 1.96 bits per heavy atom. The summed E-state index contributed by atoms with van der Waals surface area (Å²) < 4.78 is 17.6. The summed E-state index contributed by atoms with van der Waals surface area (Å²) in [5.74, 6) is 1.99. The first-order valence-corrected chi connectivity index (χ1v) is 10.1. The summed E-state index contributed by atoms with van der Waals surface area (Å²) in [6, 6.07) is 9.64. The Morgan fingerprint density at radius 1 is 1.14 bits per heavy atom. The van der Waals surface area contributed by atoms with Gasteiger partial charge in [-0.25, -0.2) is 0 Å². The molecule has 5 heteroatoms. The lowest BCUT2D eigenvalue weighted by molar-refractivity contribution is 0.104. The molecule has 0 saturated carbocycles. The normalized spacial score (nSPS) is 19.0. The van der Waals surface area contributed by atoms with E-state index in [4.69, 9.17) is 14.2 Å². The molecule has 0 amide bonds. The Hall–Kier alpha value is -2.53. The Morgan fingerprint density at radius 3 is 2.68 bits per heavy atom. The average molecular weight is 381 g/mol. The molecular weight excluding hydrogens is 354 g/mol. The van der Waals surface area contributed by atoms with E-state index in [1.54, 1.807) is 13.2 Å². The van der Waals surface area contributed by atoms with Crippen molar-refractivity contribution in [1.29, 1.82) is 0 Å². The van der Waals surface area contributed by atoms with Crippen LogP contribution in [0, 0.1) is 0 Å². The van der Waals surface area contributed by atoms with E-state index >= 15 is 0 Å². The van der Waals surface area contributed by atoms with Crippen LogP contribution in [-0.4, -0.2) is 38.2 Å². The molecule has 1 saturated heterocycles. The molecule has 0 spiro atoms. The number of ketones is 1. The van der Waals surface area contributed by atoms with Crippen LogP contribution < -0.4 is 19.5 Å². The lowest BCUT2D eigenvalue weighted by Gasteiger charge is -2.30. The third-order valence-corrected chi connectivity index (χ3v) is 5.60. The van der Waals surface area contributed by atoms with E-state index in [2.05, 4.69) is 12.2 Å². The van der Waals surface area contributed by atoms with Crippen molar-refractivity contribution in [2.24, 2.45) is 0 Å². The number of methoxy groups -OCH3 is 1. The molecule has 2 aromatic carbocycles. The highest BCUT2D eigenvalue weighted by Gasteiger charge is 2.34. The highest BCUT2D eigenvalue weighted by atomic mass is 16.5. The molecular formula is C23H27NO4. The number of benzene rings is 2. The first-order valence-electron chi connectivity index (χ1n) is 10.1. The molecule has 148 valence electrons. The van der Waals surface area contributed by atoms with Crippen LogP contribution in [0.1, 0.15) is 49.0 Å². The van der Waals surface area contributed by atoms with Crippen molar-refractivity contribution in [3.8, 4) is 28.4 Å². The lowest BCUT2D eigenvalue weighted by Crippen LogP contribution is -2.44. The first kappa shape index (κ1) is 18.8. The van der Waals surface area contributed by atoms with Gasteiger partial charge in [-0.1, -0.05) is 18.6 Å². The van der Waals surface area contributed by atoms with Crippen molar-refractivity contribution in [3.63, 3.8) is 0 Å². The minimum absolute atomic E-state index is 0.0137. The summed E-state index contributed by atoms with van der Waals surface area (Å²) in [4.78, 5) is 13.1. The Balaban J connectivity index is 1.77. The monoisotopic (exact) mass is 381 g/mol. The predicted octanol–water partition coefficient (Wildman–Crippen LogP) is 4.21. The molecule has 2 aromatic rings. The van der Waals surface area contributed by atoms with Crippen molar-refractivity contribution in [2.45, 2.75) is 45.3 Å². The SMILES string of the molecule is CCOc1cc(OC)cc2c1-c1c(OC(C)C3CCCCN3)cccc1C2=O. The van der Waals surface area contributed by atoms with Gasteiger partial charge in [-0.05, 0) is 45.4 Å². The van der Waals surface area contributed by atoms with Crippen LogP contribution in [0.4, 0.5) is 0 Å². The van der Waals surface area contributed by atoms with Crippen LogP contribution in [0.5, 0.6) is 17.2 Å². The maximum atomic E-state index is 13.1. The summed E-state index contributed by atoms with van der Waals surface area (Å²) in [5.41, 5.74) is 2.90. The molecule has 1 aliphatic heterocycles. The largest absolute Gasteiger partial charge is 0.497 e. The maximum Gasteiger partial charge on any atom is 0.194 e. The zero-order valence-electron chi connectivity index (χ0n) is 16.7. The van der Waals surface area contributed by atoms with Crippen LogP contribution in [-0.2, 0) is 0 Å². The summed E-state index contributed by atoms with van der Waals surface area (Å²) in [6.45, 7) is 5.57. The summed E-state index contributed by atoms with van der Waals surface area (Å²) in [7, 11) is 1.59. The van der Waals surface area contributed by atoms with Gasteiger partial charge in [0.1, 0.15) is 23.4 Å². The maximum absolute atomic E-state index is 13.1. The van der Waals surface area contributed by atoms with E-state index in [1.807, 2.05) is 31.2 Å². The quantitative estimate of drug-likeness (QED) is 0.693. The molecule has 5 nitrogen and oxygen atoms in total. The molecule has 28 heavy (non-hydrogen) atoms. The second kappa shape index (κ2) is 7.84. The van der Waals surface area contributed by atoms with Gasteiger partial charge in [0.05, 0.1) is 13.7 Å². The Labute approximate surface area is 166 Å². The number of hydrogen-bond acceptors (Lipinski definition) is 5. The van der Waals surface area contributed by atoms with E-state index in [1.165, 1.54) is 12.8 Å². The van der Waals surface area contributed by atoms with Crippen LogP contribution >= 0.6 is 0 Å². The standard InChI is InChI=1S/C23H27NO4/c1-4-27-20-13-15(26-3)12-17-22(20)21-16(23(17)25)8-7-10-19(21)28-14(2)18-9-5-6-11-24-18/h7-8,10,12-14,18,24H,4-6,9,11H2,1-3H3. The molecule has 4 rings (SSSR count). The van der Waals surface area contributed by atoms with Gasteiger partial charge in [0, 0.05) is 34.4 Å². The van der Waals surface area contributed by atoms with Crippen molar-refractivity contribution < 1.29 is 19.0 Å². The number of piperidine rings is 1. The van der Waals surface area contributed by atoms with E-state index in [0.29, 0.717) is 35.3 Å². The average Bonchev–Trinajstić information content (AvgIpc) is 3.02. The smallest absolute Gasteiger partial charge is 0.194 e. The van der Waals surface area contributed by atoms with E-state index in [9.17, 15) is 4.79 Å². The molecule has 1 fully saturated rings. The number of hydrogen-bond donors (Lipinski definition) is 1.